The minimum atomic E-state index is -0.200. The highest BCUT2D eigenvalue weighted by Gasteiger charge is 2.10. The van der Waals surface area contributed by atoms with E-state index in [2.05, 4.69) is 15.2 Å². The smallest absolute Gasteiger partial charge is 0.266 e. The second-order valence-corrected chi connectivity index (χ2v) is 6.72. The minimum absolute atomic E-state index is 0.200. The summed E-state index contributed by atoms with van der Waals surface area (Å²) in [6.45, 7) is 0.318. The summed E-state index contributed by atoms with van der Waals surface area (Å²) in [7, 11) is 1.61. The molecule has 0 amide bonds. The second-order valence-electron chi connectivity index (χ2n) is 6.28. The highest BCUT2D eigenvalue weighted by atomic mass is 35.5. The molecule has 0 saturated carbocycles. The van der Waals surface area contributed by atoms with E-state index in [1.54, 1.807) is 25.3 Å². The number of halogens is 1. The highest BCUT2D eigenvalue weighted by Crippen LogP contribution is 2.21. The van der Waals surface area contributed by atoms with Crippen LogP contribution < -0.4 is 10.3 Å². The number of ether oxygens (including phenoxy) is 1. The van der Waals surface area contributed by atoms with Crippen molar-refractivity contribution in [3.8, 4) is 28.4 Å². The van der Waals surface area contributed by atoms with E-state index in [-0.39, 0.29) is 5.56 Å². The van der Waals surface area contributed by atoms with Crippen molar-refractivity contribution in [2.24, 2.45) is 0 Å². The molecule has 4 rings (SSSR count). The topological polar surface area (TPSA) is 83.0 Å². The molecule has 2 aromatic heterocycles. The van der Waals surface area contributed by atoms with E-state index in [9.17, 15) is 4.79 Å². The van der Waals surface area contributed by atoms with Crippen LogP contribution in [-0.2, 0) is 13.0 Å². The van der Waals surface area contributed by atoms with Crippen molar-refractivity contribution in [3.63, 3.8) is 0 Å². The molecule has 2 aromatic carbocycles. The van der Waals surface area contributed by atoms with Gasteiger partial charge in [0.1, 0.15) is 5.75 Å². The SMILES string of the molecule is COc1cccc(-c2ccc(=O)n(CCc3nc(-c4ccc(Cl)cc4)no3)n2)c1. The van der Waals surface area contributed by atoms with Crippen LogP contribution in [0.5, 0.6) is 5.75 Å². The van der Waals surface area contributed by atoms with Gasteiger partial charge in [-0.2, -0.15) is 10.1 Å². The summed E-state index contributed by atoms with van der Waals surface area (Å²) in [5.41, 5.74) is 2.14. The first-order valence-electron chi connectivity index (χ1n) is 8.93. The van der Waals surface area contributed by atoms with Gasteiger partial charge in [0, 0.05) is 28.6 Å². The first-order valence-corrected chi connectivity index (χ1v) is 9.31. The lowest BCUT2D eigenvalue weighted by Crippen LogP contribution is -2.23. The number of methoxy groups -OCH3 is 1. The summed E-state index contributed by atoms with van der Waals surface area (Å²) in [4.78, 5) is 16.6. The molecule has 29 heavy (non-hydrogen) atoms. The number of aromatic nitrogens is 4. The Balaban J connectivity index is 1.51. The summed E-state index contributed by atoms with van der Waals surface area (Å²) < 4.78 is 11.9. The van der Waals surface area contributed by atoms with Crippen molar-refractivity contribution >= 4 is 11.6 Å². The van der Waals surface area contributed by atoms with E-state index in [1.807, 2.05) is 36.4 Å². The molecule has 0 unspecified atom stereocenters. The number of benzene rings is 2. The zero-order valence-corrected chi connectivity index (χ0v) is 16.3. The highest BCUT2D eigenvalue weighted by molar-refractivity contribution is 6.30. The molecule has 0 atom stereocenters. The molecule has 0 fully saturated rings. The van der Waals surface area contributed by atoms with Gasteiger partial charge in [0.15, 0.2) is 0 Å². The molecule has 0 aliphatic heterocycles. The van der Waals surface area contributed by atoms with E-state index in [1.165, 1.54) is 10.7 Å². The summed E-state index contributed by atoms with van der Waals surface area (Å²) in [6, 6.07) is 17.9. The molecule has 0 bridgehead atoms. The fourth-order valence-electron chi connectivity index (χ4n) is 2.82. The van der Waals surface area contributed by atoms with Gasteiger partial charge in [-0.25, -0.2) is 4.68 Å². The van der Waals surface area contributed by atoms with Gasteiger partial charge in [-0.15, -0.1) is 0 Å². The molecule has 0 aliphatic rings. The fourth-order valence-corrected chi connectivity index (χ4v) is 2.95. The largest absolute Gasteiger partial charge is 0.497 e. The third kappa shape index (κ3) is 4.35. The molecular weight excluding hydrogens is 392 g/mol. The van der Waals surface area contributed by atoms with Crippen molar-refractivity contribution in [2.75, 3.05) is 7.11 Å². The lowest BCUT2D eigenvalue weighted by molar-refractivity contribution is 0.368. The molecule has 4 aromatic rings. The Labute approximate surface area is 171 Å². The Kier molecular flexibility index (Phi) is 5.39. The summed E-state index contributed by atoms with van der Waals surface area (Å²) in [5.74, 6) is 1.63. The second kappa shape index (κ2) is 8.28. The Bertz CT molecular complexity index is 1190. The molecule has 0 saturated heterocycles. The van der Waals surface area contributed by atoms with Crippen molar-refractivity contribution in [3.05, 3.63) is 81.9 Å². The van der Waals surface area contributed by atoms with Crippen molar-refractivity contribution in [2.45, 2.75) is 13.0 Å². The average molecular weight is 409 g/mol. The number of hydrogen-bond acceptors (Lipinski definition) is 6. The van der Waals surface area contributed by atoms with Gasteiger partial charge in [0.25, 0.3) is 5.56 Å². The summed E-state index contributed by atoms with van der Waals surface area (Å²) in [5, 5.41) is 9.07. The van der Waals surface area contributed by atoms with E-state index < -0.39 is 0 Å². The lowest BCUT2D eigenvalue weighted by Gasteiger charge is -2.07. The number of rotatable bonds is 6. The lowest BCUT2D eigenvalue weighted by atomic mass is 10.1. The molecule has 146 valence electrons. The molecule has 0 spiro atoms. The first-order chi connectivity index (χ1) is 14.1. The Hall–Kier alpha value is -3.45. The van der Waals surface area contributed by atoms with E-state index in [0.717, 1.165) is 16.9 Å². The van der Waals surface area contributed by atoms with Crippen LogP contribution in [0.4, 0.5) is 0 Å². The Morgan fingerprint density at radius 2 is 1.90 bits per heavy atom. The summed E-state index contributed by atoms with van der Waals surface area (Å²) >= 11 is 5.90. The van der Waals surface area contributed by atoms with Crippen molar-refractivity contribution in [1.29, 1.82) is 0 Å². The van der Waals surface area contributed by atoms with Gasteiger partial charge in [-0.1, -0.05) is 28.9 Å². The summed E-state index contributed by atoms with van der Waals surface area (Å²) in [6.07, 6.45) is 0.384. The zero-order chi connectivity index (χ0) is 20.2. The standard InChI is InChI=1S/C21H17ClN4O3/c1-28-17-4-2-3-15(13-17)18-9-10-20(27)26(24-18)12-11-19-23-21(25-29-19)14-5-7-16(22)8-6-14/h2-10,13H,11-12H2,1H3. The Morgan fingerprint density at radius 3 is 2.69 bits per heavy atom. The fraction of sp³-hybridized carbons (Fsp3) is 0.143. The van der Waals surface area contributed by atoms with Gasteiger partial charge in [-0.3, -0.25) is 4.79 Å². The molecule has 0 aliphatic carbocycles. The minimum Gasteiger partial charge on any atom is -0.497 e. The predicted molar refractivity (Wildman–Crippen MR) is 109 cm³/mol. The van der Waals surface area contributed by atoms with Gasteiger partial charge in [-0.05, 0) is 42.5 Å². The first kappa shape index (κ1) is 18.9. The van der Waals surface area contributed by atoms with Gasteiger partial charge in [0.05, 0.1) is 19.3 Å². The van der Waals surface area contributed by atoms with Crippen LogP contribution in [0, 0.1) is 0 Å². The normalized spacial score (nSPS) is 10.8. The quantitative estimate of drug-likeness (QED) is 0.481. The maximum Gasteiger partial charge on any atom is 0.266 e. The molecule has 0 radical (unpaired) electrons. The van der Waals surface area contributed by atoms with Crippen LogP contribution in [0.1, 0.15) is 5.89 Å². The van der Waals surface area contributed by atoms with Crippen LogP contribution in [0.2, 0.25) is 5.02 Å². The molecule has 7 nitrogen and oxygen atoms in total. The molecule has 8 heteroatoms. The number of hydrogen-bond donors (Lipinski definition) is 0. The van der Waals surface area contributed by atoms with E-state index in [4.69, 9.17) is 20.9 Å². The maximum atomic E-state index is 12.2. The van der Waals surface area contributed by atoms with E-state index >= 15 is 0 Å². The zero-order valence-electron chi connectivity index (χ0n) is 15.6. The van der Waals surface area contributed by atoms with Gasteiger partial charge >= 0.3 is 0 Å². The van der Waals surface area contributed by atoms with Gasteiger partial charge < -0.3 is 9.26 Å². The third-order valence-corrected chi connectivity index (χ3v) is 4.59. The van der Waals surface area contributed by atoms with Crippen LogP contribution in [0.15, 0.2) is 70.0 Å². The maximum absolute atomic E-state index is 12.2. The van der Waals surface area contributed by atoms with Crippen LogP contribution in [0.25, 0.3) is 22.6 Å². The Morgan fingerprint density at radius 1 is 1.07 bits per heavy atom. The van der Waals surface area contributed by atoms with Crippen molar-refractivity contribution < 1.29 is 9.26 Å². The number of aryl methyl sites for hydroxylation is 2. The van der Waals surface area contributed by atoms with Crippen molar-refractivity contribution in [1.82, 2.24) is 19.9 Å². The van der Waals surface area contributed by atoms with Crippen LogP contribution in [0.3, 0.4) is 0 Å². The van der Waals surface area contributed by atoms with Crippen LogP contribution in [-0.4, -0.2) is 27.0 Å². The van der Waals surface area contributed by atoms with E-state index in [0.29, 0.717) is 35.4 Å². The molecule has 0 N–H and O–H groups in total. The molecular formula is C21H17ClN4O3. The van der Waals surface area contributed by atoms with Crippen LogP contribution >= 0.6 is 11.6 Å². The number of nitrogens with zero attached hydrogens (tertiary/aromatic N) is 4. The predicted octanol–water partition coefficient (Wildman–Crippen LogP) is 3.87. The monoisotopic (exact) mass is 408 g/mol. The van der Waals surface area contributed by atoms with Gasteiger partial charge in [0.2, 0.25) is 11.7 Å². The third-order valence-electron chi connectivity index (χ3n) is 4.34. The average Bonchev–Trinajstić information content (AvgIpc) is 3.23. The molecule has 2 heterocycles.